The third-order valence-electron chi connectivity index (χ3n) is 3.48. The van der Waals surface area contributed by atoms with Crippen LogP contribution in [0.4, 0.5) is 0 Å². The predicted molar refractivity (Wildman–Crippen MR) is 70.1 cm³/mol. The first-order chi connectivity index (χ1) is 8.72. The van der Waals surface area contributed by atoms with Crippen LogP contribution in [-0.4, -0.2) is 25.0 Å². The fourth-order valence-electron chi connectivity index (χ4n) is 2.38. The van der Waals surface area contributed by atoms with Crippen LogP contribution in [0.15, 0.2) is 0 Å². The van der Waals surface area contributed by atoms with Crippen molar-refractivity contribution < 1.29 is 14.3 Å². The number of unbranched alkanes of at least 4 members (excludes halogenated alkanes) is 3. The highest BCUT2D eigenvalue weighted by atomic mass is 16.5. The monoisotopic (exact) mass is 255 g/mol. The summed E-state index contributed by atoms with van der Waals surface area (Å²) in [6.45, 7) is 0. The third-order valence-corrected chi connectivity index (χ3v) is 3.48. The standard InChI is InChI=1S/C14H25NO3/c1-18-14(17)11-5-3-2-4-10-13(16)15-12-8-6-7-9-12/h12H,2-11H2,1H3,(H,15,16). The number of hydrogen-bond acceptors (Lipinski definition) is 3. The van der Waals surface area contributed by atoms with Crippen LogP contribution < -0.4 is 5.32 Å². The minimum absolute atomic E-state index is 0.144. The second-order valence-electron chi connectivity index (χ2n) is 5.04. The van der Waals surface area contributed by atoms with Gasteiger partial charge in [0.05, 0.1) is 7.11 Å². The summed E-state index contributed by atoms with van der Waals surface area (Å²) in [6, 6.07) is 0.428. The second kappa shape index (κ2) is 8.95. The van der Waals surface area contributed by atoms with Crippen LogP contribution in [0.25, 0.3) is 0 Å². The van der Waals surface area contributed by atoms with Crippen LogP contribution in [-0.2, 0) is 14.3 Å². The maximum atomic E-state index is 11.6. The molecular formula is C14H25NO3. The van der Waals surface area contributed by atoms with E-state index in [9.17, 15) is 9.59 Å². The zero-order chi connectivity index (χ0) is 13.2. The minimum atomic E-state index is -0.144. The molecule has 0 aromatic rings. The van der Waals surface area contributed by atoms with E-state index in [4.69, 9.17) is 0 Å². The molecule has 0 radical (unpaired) electrons. The molecule has 0 aromatic heterocycles. The number of rotatable bonds is 8. The van der Waals surface area contributed by atoms with Crippen LogP contribution in [0.1, 0.15) is 64.2 Å². The van der Waals surface area contributed by atoms with Gasteiger partial charge in [-0.25, -0.2) is 0 Å². The number of esters is 1. The van der Waals surface area contributed by atoms with E-state index < -0.39 is 0 Å². The molecule has 0 unspecified atom stereocenters. The average Bonchev–Trinajstić information content (AvgIpc) is 2.85. The number of nitrogens with one attached hydrogen (secondary N) is 1. The Bertz CT molecular complexity index is 260. The first-order valence-electron chi connectivity index (χ1n) is 7.08. The van der Waals surface area contributed by atoms with Gasteiger partial charge in [0.15, 0.2) is 0 Å². The van der Waals surface area contributed by atoms with E-state index >= 15 is 0 Å². The summed E-state index contributed by atoms with van der Waals surface area (Å²) < 4.78 is 4.57. The molecule has 4 heteroatoms. The number of methoxy groups -OCH3 is 1. The van der Waals surface area contributed by atoms with E-state index in [1.54, 1.807) is 0 Å². The summed E-state index contributed by atoms with van der Waals surface area (Å²) in [5.41, 5.74) is 0. The Hall–Kier alpha value is -1.06. The molecule has 1 amide bonds. The average molecular weight is 255 g/mol. The van der Waals surface area contributed by atoms with E-state index in [0.29, 0.717) is 18.9 Å². The number of ether oxygens (including phenoxy) is 1. The Morgan fingerprint density at radius 1 is 1.06 bits per heavy atom. The van der Waals surface area contributed by atoms with Gasteiger partial charge >= 0.3 is 5.97 Å². The van der Waals surface area contributed by atoms with Crippen LogP contribution in [0.5, 0.6) is 0 Å². The Morgan fingerprint density at radius 2 is 1.67 bits per heavy atom. The molecule has 0 heterocycles. The summed E-state index contributed by atoms with van der Waals surface area (Å²) >= 11 is 0. The van der Waals surface area contributed by atoms with Crippen LogP contribution in [0.2, 0.25) is 0 Å². The van der Waals surface area contributed by atoms with Crippen LogP contribution in [0.3, 0.4) is 0 Å². The Balaban J connectivity index is 1.90. The topological polar surface area (TPSA) is 55.4 Å². The van der Waals surface area contributed by atoms with E-state index in [2.05, 4.69) is 10.1 Å². The molecule has 0 saturated heterocycles. The van der Waals surface area contributed by atoms with E-state index in [-0.39, 0.29) is 11.9 Å². The molecule has 0 atom stereocenters. The molecular weight excluding hydrogens is 230 g/mol. The van der Waals surface area contributed by atoms with Gasteiger partial charge in [0.25, 0.3) is 0 Å². The molecule has 0 aromatic carbocycles. The number of amides is 1. The zero-order valence-electron chi connectivity index (χ0n) is 11.4. The molecule has 1 aliphatic carbocycles. The van der Waals surface area contributed by atoms with Gasteiger partial charge in [-0.1, -0.05) is 25.7 Å². The van der Waals surface area contributed by atoms with Crippen molar-refractivity contribution in [2.75, 3.05) is 7.11 Å². The van der Waals surface area contributed by atoms with Crippen molar-refractivity contribution in [1.82, 2.24) is 5.32 Å². The molecule has 0 bridgehead atoms. The van der Waals surface area contributed by atoms with Gasteiger partial charge in [0.2, 0.25) is 5.91 Å². The van der Waals surface area contributed by atoms with Gasteiger partial charge in [-0.3, -0.25) is 9.59 Å². The van der Waals surface area contributed by atoms with Crippen molar-refractivity contribution in [3.05, 3.63) is 0 Å². The molecule has 1 fully saturated rings. The Morgan fingerprint density at radius 3 is 2.28 bits per heavy atom. The number of carbonyl (C=O) groups is 2. The fraction of sp³-hybridized carbons (Fsp3) is 0.857. The Kier molecular flexibility index (Phi) is 7.46. The molecule has 1 saturated carbocycles. The highest BCUT2D eigenvalue weighted by Gasteiger charge is 2.16. The summed E-state index contributed by atoms with van der Waals surface area (Å²) in [6.07, 6.45) is 9.67. The van der Waals surface area contributed by atoms with Crippen molar-refractivity contribution in [3.8, 4) is 0 Å². The molecule has 1 aliphatic rings. The van der Waals surface area contributed by atoms with E-state index in [1.807, 2.05) is 0 Å². The lowest BCUT2D eigenvalue weighted by Gasteiger charge is -2.11. The van der Waals surface area contributed by atoms with Crippen LogP contribution >= 0.6 is 0 Å². The van der Waals surface area contributed by atoms with Crippen LogP contribution in [0, 0.1) is 0 Å². The summed E-state index contributed by atoms with van der Waals surface area (Å²) in [7, 11) is 1.41. The lowest BCUT2D eigenvalue weighted by Crippen LogP contribution is -2.32. The van der Waals surface area contributed by atoms with Crippen molar-refractivity contribution in [2.45, 2.75) is 70.3 Å². The fourth-order valence-corrected chi connectivity index (χ4v) is 2.38. The summed E-state index contributed by atoms with van der Waals surface area (Å²) in [5.74, 6) is 0.0452. The van der Waals surface area contributed by atoms with Gasteiger partial charge in [-0.05, 0) is 25.7 Å². The molecule has 0 aliphatic heterocycles. The quantitative estimate of drug-likeness (QED) is 0.535. The highest BCUT2D eigenvalue weighted by Crippen LogP contribution is 2.17. The maximum absolute atomic E-state index is 11.6. The molecule has 1 rings (SSSR count). The Labute approximate surface area is 109 Å². The third kappa shape index (κ3) is 6.62. The highest BCUT2D eigenvalue weighted by molar-refractivity contribution is 5.76. The lowest BCUT2D eigenvalue weighted by molar-refractivity contribution is -0.140. The SMILES string of the molecule is COC(=O)CCCCCCC(=O)NC1CCCC1. The lowest BCUT2D eigenvalue weighted by atomic mass is 10.1. The molecule has 104 valence electrons. The van der Waals surface area contributed by atoms with Gasteiger partial charge in [-0.15, -0.1) is 0 Å². The second-order valence-corrected chi connectivity index (χ2v) is 5.04. The predicted octanol–water partition coefficient (Wildman–Crippen LogP) is 2.56. The van der Waals surface area contributed by atoms with Crippen molar-refractivity contribution in [1.29, 1.82) is 0 Å². The summed E-state index contributed by atoms with van der Waals surface area (Å²) in [5, 5.41) is 3.08. The molecule has 4 nitrogen and oxygen atoms in total. The number of carbonyl (C=O) groups excluding carboxylic acids is 2. The van der Waals surface area contributed by atoms with Gasteiger partial charge < -0.3 is 10.1 Å². The summed E-state index contributed by atoms with van der Waals surface area (Å²) in [4.78, 5) is 22.5. The number of hydrogen-bond donors (Lipinski definition) is 1. The smallest absolute Gasteiger partial charge is 0.305 e. The first-order valence-corrected chi connectivity index (χ1v) is 7.08. The van der Waals surface area contributed by atoms with E-state index in [0.717, 1.165) is 38.5 Å². The van der Waals surface area contributed by atoms with Crippen molar-refractivity contribution in [2.24, 2.45) is 0 Å². The largest absolute Gasteiger partial charge is 0.469 e. The van der Waals surface area contributed by atoms with Gasteiger partial charge in [0.1, 0.15) is 0 Å². The molecule has 0 spiro atoms. The van der Waals surface area contributed by atoms with Crippen molar-refractivity contribution >= 4 is 11.9 Å². The normalized spacial score (nSPS) is 15.6. The van der Waals surface area contributed by atoms with Gasteiger partial charge in [0, 0.05) is 18.9 Å². The zero-order valence-corrected chi connectivity index (χ0v) is 11.4. The van der Waals surface area contributed by atoms with Gasteiger partial charge in [-0.2, -0.15) is 0 Å². The molecule has 18 heavy (non-hydrogen) atoms. The van der Waals surface area contributed by atoms with Crippen molar-refractivity contribution in [3.63, 3.8) is 0 Å². The maximum Gasteiger partial charge on any atom is 0.305 e. The van der Waals surface area contributed by atoms with E-state index in [1.165, 1.54) is 20.0 Å². The molecule has 1 N–H and O–H groups in total. The minimum Gasteiger partial charge on any atom is -0.469 e. The first kappa shape index (κ1) is 15.0.